The second kappa shape index (κ2) is 6.17. The number of nitrogens with two attached hydrogens (primary N) is 1. The summed E-state index contributed by atoms with van der Waals surface area (Å²) in [7, 11) is -3.09. The highest BCUT2D eigenvalue weighted by atomic mass is 32.2. The van der Waals surface area contributed by atoms with E-state index in [1.54, 1.807) is 12.1 Å². The first-order chi connectivity index (χ1) is 7.99. The van der Waals surface area contributed by atoms with Crippen molar-refractivity contribution < 1.29 is 8.42 Å². The van der Waals surface area contributed by atoms with Crippen LogP contribution in [0.2, 0.25) is 0 Å². The van der Waals surface area contributed by atoms with Gasteiger partial charge in [-0.05, 0) is 49.4 Å². The number of hydrogen-bond donors (Lipinski definition) is 1. The lowest BCUT2D eigenvalue weighted by Gasteiger charge is -2.15. The summed E-state index contributed by atoms with van der Waals surface area (Å²) >= 11 is 0. The van der Waals surface area contributed by atoms with Gasteiger partial charge >= 0.3 is 0 Å². The molecular weight excluding hydrogens is 234 g/mol. The van der Waals surface area contributed by atoms with E-state index < -0.39 is 9.84 Å². The molecule has 1 aromatic carbocycles. The van der Waals surface area contributed by atoms with Crippen LogP contribution in [-0.4, -0.2) is 21.2 Å². The molecule has 0 bridgehead atoms. The van der Waals surface area contributed by atoms with Crippen LogP contribution in [-0.2, 0) is 9.84 Å². The Hall–Kier alpha value is -0.870. The SMILES string of the molecule is CCC(CCCN)c1ccc(S(C)(=O)=O)cc1. The van der Waals surface area contributed by atoms with Gasteiger partial charge in [0.05, 0.1) is 4.90 Å². The average Bonchev–Trinajstić information content (AvgIpc) is 2.29. The van der Waals surface area contributed by atoms with Crippen LogP contribution in [0.5, 0.6) is 0 Å². The quantitative estimate of drug-likeness (QED) is 0.848. The lowest BCUT2D eigenvalue weighted by atomic mass is 9.92. The van der Waals surface area contributed by atoms with E-state index in [0.717, 1.165) is 19.3 Å². The van der Waals surface area contributed by atoms with Crippen molar-refractivity contribution in [3.8, 4) is 0 Å². The number of hydrogen-bond acceptors (Lipinski definition) is 3. The molecule has 3 nitrogen and oxygen atoms in total. The summed E-state index contributed by atoms with van der Waals surface area (Å²) in [5.74, 6) is 0.479. The van der Waals surface area contributed by atoms with Gasteiger partial charge in [0, 0.05) is 6.26 Å². The molecule has 0 radical (unpaired) electrons. The Morgan fingerprint density at radius 2 is 1.82 bits per heavy atom. The molecule has 1 rings (SSSR count). The summed E-state index contributed by atoms with van der Waals surface area (Å²) in [5.41, 5.74) is 6.71. The molecule has 96 valence electrons. The zero-order valence-electron chi connectivity index (χ0n) is 10.5. The van der Waals surface area contributed by atoms with Gasteiger partial charge in [-0.15, -0.1) is 0 Å². The second-order valence-corrected chi connectivity index (χ2v) is 6.39. The lowest BCUT2D eigenvalue weighted by Crippen LogP contribution is -2.04. The summed E-state index contributed by atoms with van der Waals surface area (Å²) in [6.45, 7) is 2.85. The Morgan fingerprint density at radius 1 is 1.24 bits per heavy atom. The Labute approximate surface area is 104 Å². The molecule has 0 aliphatic rings. The van der Waals surface area contributed by atoms with Gasteiger partial charge in [-0.1, -0.05) is 19.1 Å². The van der Waals surface area contributed by atoms with E-state index in [4.69, 9.17) is 5.73 Å². The normalized spacial score (nSPS) is 13.6. The fourth-order valence-electron chi connectivity index (χ4n) is 1.96. The molecule has 17 heavy (non-hydrogen) atoms. The average molecular weight is 255 g/mol. The van der Waals surface area contributed by atoms with Gasteiger partial charge in [-0.2, -0.15) is 0 Å². The molecule has 1 atom stereocenters. The van der Waals surface area contributed by atoms with E-state index in [9.17, 15) is 8.42 Å². The van der Waals surface area contributed by atoms with Crippen LogP contribution in [0.25, 0.3) is 0 Å². The van der Waals surface area contributed by atoms with Crippen LogP contribution >= 0.6 is 0 Å². The van der Waals surface area contributed by atoms with E-state index in [-0.39, 0.29) is 0 Å². The fraction of sp³-hybridized carbons (Fsp3) is 0.538. The van der Waals surface area contributed by atoms with Crippen LogP contribution < -0.4 is 5.73 Å². The first-order valence-corrected chi connectivity index (χ1v) is 7.88. The Bertz CT molecular complexity index is 437. The highest BCUT2D eigenvalue weighted by Crippen LogP contribution is 2.25. The first-order valence-electron chi connectivity index (χ1n) is 5.99. The largest absolute Gasteiger partial charge is 0.330 e. The van der Waals surface area contributed by atoms with Gasteiger partial charge < -0.3 is 5.73 Å². The molecule has 0 aliphatic heterocycles. The minimum absolute atomic E-state index is 0.384. The van der Waals surface area contributed by atoms with Crippen molar-refractivity contribution >= 4 is 9.84 Å². The van der Waals surface area contributed by atoms with Gasteiger partial charge in [-0.25, -0.2) is 8.42 Å². The van der Waals surface area contributed by atoms with E-state index in [1.807, 2.05) is 12.1 Å². The Balaban J connectivity index is 2.85. The molecule has 0 aliphatic carbocycles. The minimum atomic E-state index is -3.09. The molecule has 0 fully saturated rings. The van der Waals surface area contributed by atoms with Crippen LogP contribution in [0.1, 0.15) is 37.7 Å². The van der Waals surface area contributed by atoms with Crippen molar-refractivity contribution in [3.63, 3.8) is 0 Å². The maximum atomic E-state index is 11.3. The minimum Gasteiger partial charge on any atom is -0.330 e. The van der Waals surface area contributed by atoms with Crippen LogP contribution in [0.4, 0.5) is 0 Å². The van der Waals surface area contributed by atoms with Crippen molar-refractivity contribution in [2.75, 3.05) is 12.8 Å². The third-order valence-electron chi connectivity index (χ3n) is 3.03. The van der Waals surface area contributed by atoms with Crippen LogP contribution in [0.15, 0.2) is 29.2 Å². The summed E-state index contributed by atoms with van der Waals surface area (Å²) in [6, 6.07) is 7.22. The molecule has 4 heteroatoms. The molecule has 0 saturated heterocycles. The predicted octanol–water partition coefficient (Wildman–Crippen LogP) is 2.32. The second-order valence-electron chi connectivity index (χ2n) is 4.38. The predicted molar refractivity (Wildman–Crippen MR) is 70.9 cm³/mol. The van der Waals surface area contributed by atoms with E-state index in [1.165, 1.54) is 11.8 Å². The maximum Gasteiger partial charge on any atom is 0.175 e. The van der Waals surface area contributed by atoms with Crippen LogP contribution in [0, 0.1) is 0 Å². The zero-order chi connectivity index (χ0) is 12.9. The molecule has 1 aromatic rings. The molecule has 0 aromatic heterocycles. The van der Waals surface area contributed by atoms with Crippen LogP contribution in [0.3, 0.4) is 0 Å². The van der Waals surface area contributed by atoms with E-state index >= 15 is 0 Å². The monoisotopic (exact) mass is 255 g/mol. The smallest absolute Gasteiger partial charge is 0.175 e. The third-order valence-corrected chi connectivity index (χ3v) is 4.16. The Kier molecular flexibility index (Phi) is 5.15. The molecule has 0 saturated carbocycles. The van der Waals surface area contributed by atoms with Crippen molar-refractivity contribution in [1.29, 1.82) is 0 Å². The summed E-state index contributed by atoms with van der Waals surface area (Å²) < 4.78 is 22.7. The number of rotatable bonds is 6. The van der Waals surface area contributed by atoms with Gasteiger partial charge in [0.1, 0.15) is 0 Å². The Morgan fingerprint density at radius 3 is 2.24 bits per heavy atom. The van der Waals surface area contributed by atoms with E-state index in [2.05, 4.69) is 6.92 Å². The first kappa shape index (κ1) is 14.2. The third kappa shape index (κ3) is 4.13. The van der Waals surface area contributed by atoms with Gasteiger partial charge in [0.25, 0.3) is 0 Å². The van der Waals surface area contributed by atoms with Gasteiger partial charge in [-0.3, -0.25) is 0 Å². The van der Waals surface area contributed by atoms with Crippen molar-refractivity contribution in [2.45, 2.75) is 37.0 Å². The standard InChI is InChI=1S/C13H21NO2S/c1-3-11(5-4-10-14)12-6-8-13(9-7-12)17(2,15)16/h6-9,11H,3-5,10,14H2,1-2H3. The topological polar surface area (TPSA) is 60.2 Å². The van der Waals surface area contributed by atoms with Crippen molar-refractivity contribution in [1.82, 2.24) is 0 Å². The molecule has 1 unspecified atom stereocenters. The molecule has 0 spiro atoms. The molecule has 0 heterocycles. The van der Waals surface area contributed by atoms with Crippen molar-refractivity contribution in [3.05, 3.63) is 29.8 Å². The number of sulfone groups is 1. The van der Waals surface area contributed by atoms with Gasteiger partial charge in [0.2, 0.25) is 0 Å². The highest BCUT2D eigenvalue weighted by Gasteiger charge is 2.11. The number of benzene rings is 1. The summed E-state index contributed by atoms with van der Waals surface area (Å²) in [5, 5.41) is 0. The van der Waals surface area contributed by atoms with E-state index in [0.29, 0.717) is 17.4 Å². The van der Waals surface area contributed by atoms with Crippen molar-refractivity contribution in [2.24, 2.45) is 5.73 Å². The zero-order valence-corrected chi connectivity index (χ0v) is 11.3. The summed E-state index contributed by atoms with van der Waals surface area (Å²) in [6.07, 6.45) is 4.35. The molecule has 0 amide bonds. The maximum absolute atomic E-state index is 11.3. The fourth-order valence-corrected chi connectivity index (χ4v) is 2.59. The molecule has 2 N–H and O–H groups in total. The highest BCUT2D eigenvalue weighted by molar-refractivity contribution is 7.90. The molecular formula is C13H21NO2S. The lowest BCUT2D eigenvalue weighted by molar-refractivity contribution is 0.580. The summed E-state index contributed by atoms with van der Waals surface area (Å²) in [4.78, 5) is 0.384. The van der Waals surface area contributed by atoms with Gasteiger partial charge in [0.15, 0.2) is 9.84 Å².